The smallest absolute Gasteiger partial charge is 0.257 e. The normalized spacial score (nSPS) is 14.4. The molecule has 1 aliphatic rings. The highest BCUT2D eigenvalue weighted by atomic mass is 32.1. The maximum Gasteiger partial charge on any atom is 0.257 e. The largest absolute Gasteiger partial charge is 0.488 e. The van der Waals surface area contributed by atoms with E-state index in [1.165, 1.54) is 24.2 Å². The SMILES string of the molecule is COCC(C)Oc1cc(Oc2ccc(-c3nnc(C4CCCC4)o3)cc2)cc(C(=O)Nc2nccs2)c1. The predicted octanol–water partition coefficient (Wildman–Crippen LogP) is 6.31. The lowest BCUT2D eigenvalue weighted by Gasteiger charge is -2.16. The number of anilines is 1. The van der Waals surface area contributed by atoms with Crippen LogP contribution < -0.4 is 14.8 Å². The van der Waals surface area contributed by atoms with Gasteiger partial charge >= 0.3 is 0 Å². The van der Waals surface area contributed by atoms with Crippen molar-refractivity contribution < 1.29 is 23.4 Å². The van der Waals surface area contributed by atoms with Gasteiger partial charge in [-0.2, -0.15) is 0 Å². The first-order valence-corrected chi connectivity index (χ1v) is 13.1. The van der Waals surface area contributed by atoms with Crippen molar-refractivity contribution in [2.75, 3.05) is 19.0 Å². The Morgan fingerprint density at radius 1 is 1.11 bits per heavy atom. The van der Waals surface area contributed by atoms with Crippen molar-refractivity contribution in [3.8, 4) is 28.7 Å². The molecule has 1 fully saturated rings. The van der Waals surface area contributed by atoms with Crippen LogP contribution in [0, 0.1) is 0 Å². The van der Waals surface area contributed by atoms with Gasteiger partial charge in [0.1, 0.15) is 23.4 Å². The summed E-state index contributed by atoms with van der Waals surface area (Å²) in [7, 11) is 1.61. The van der Waals surface area contributed by atoms with Gasteiger partial charge in [0.15, 0.2) is 5.13 Å². The quantitative estimate of drug-likeness (QED) is 0.259. The van der Waals surface area contributed by atoms with Crippen molar-refractivity contribution in [3.63, 3.8) is 0 Å². The number of hydrogen-bond donors (Lipinski definition) is 1. The first-order valence-electron chi connectivity index (χ1n) is 12.2. The number of benzene rings is 2. The van der Waals surface area contributed by atoms with Crippen LogP contribution in [0.25, 0.3) is 11.5 Å². The fourth-order valence-corrected chi connectivity index (χ4v) is 4.80. The molecule has 2 aromatic carbocycles. The molecule has 2 aromatic heterocycles. The van der Waals surface area contributed by atoms with E-state index >= 15 is 0 Å². The van der Waals surface area contributed by atoms with Crippen LogP contribution in [0.2, 0.25) is 0 Å². The fraction of sp³-hybridized carbons (Fsp3) is 0.333. The molecule has 10 heteroatoms. The van der Waals surface area contributed by atoms with Crippen molar-refractivity contribution >= 4 is 22.4 Å². The van der Waals surface area contributed by atoms with Gasteiger partial charge in [0.25, 0.3) is 5.91 Å². The Hall–Kier alpha value is -3.76. The highest BCUT2D eigenvalue weighted by molar-refractivity contribution is 7.13. The Morgan fingerprint density at radius 2 is 1.89 bits per heavy atom. The number of nitrogens with zero attached hydrogens (tertiary/aromatic N) is 3. The first kappa shape index (κ1) is 24.9. The Bertz CT molecular complexity index is 1320. The molecule has 5 rings (SSSR count). The summed E-state index contributed by atoms with van der Waals surface area (Å²) in [5.74, 6) is 2.82. The molecule has 0 bridgehead atoms. The van der Waals surface area contributed by atoms with E-state index in [4.69, 9.17) is 18.6 Å². The molecular weight excluding hydrogens is 492 g/mol. The number of rotatable bonds is 10. The van der Waals surface area contributed by atoms with Crippen LogP contribution in [-0.4, -0.2) is 40.9 Å². The zero-order valence-corrected chi connectivity index (χ0v) is 21.5. The van der Waals surface area contributed by atoms with E-state index < -0.39 is 0 Å². The maximum atomic E-state index is 12.9. The van der Waals surface area contributed by atoms with Crippen LogP contribution in [0.5, 0.6) is 17.2 Å². The van der Waals surface area contributed by atoms with Crippen LogP contribution >= 0.6 is 11.3 Å². The minimum absolute atomic E-state index is 0.210. The summed E-state index contributed by atoms with van der Waals surface area (Å²) in [6.45, 7) is 2.30. The van der Waals surface area contributed by atoms with Crippen molar-refractivity contribution in [2.24, 2.45) is 0 Å². The van der Waals surface area contributed by atoms with Crippen molar-refractivity contribution in [3.05, 3.63) is 65.5 Å². The molecule has 9 nitrogen and oxygen atoms in total. The molecule has 192 valence electrons. The van der Waals surface area contributed by atoms with Gasteiger partial charge in [0, 0.05) is 41.8 Å². The molecule has 1 saturated carbocycles. The third kappa shape index (κ3) is 6.33. The number of amides is 1. The Balaban J connectivity index is 1.33. The molecule has 1 N–H and O–H groups in total. The van der Waals surface area contributed by atoms with E-state index in [9.17, 15) is 4.79 Å². The minimum Gasteiger partial charge on any atom is -0.488 e. The number of thiazole rings is 1. The van der Waals surface area contributed by atoms with Gasteiger partial charge in [0.05, 0.1) is 6.61 Å². The number of carbonyl (C=O) groups excluding carboxylic acids is 1. The maximum absolute atomic E-state index is 12.9. The van der Waals surface area contributed by atoms with E-state index in [0.29, 0.717) is 46.4 Å². The molecule has 0 aliphatic heterocycles. The lowest BCUT2D eigenvalue weighted by atomic mass is 10.1. The molecule has 1 atom stereocenters. The van der Waals surface area contributed by atoms with Crippen molar-refractivity contribution in [1.29, 1.82) is 0 Å². The van der Waals surface area contributed by atoms with E-state index in [1.807, 2.05) is 31.2 Å². The third-order valence-electron chi connectivity index (χ3n) is 6.02. The van der Waals surface area contributed by atoms with E-state index in [1.54, 1.807) is 36.9 Å². The second-order valence-corrected chi connectivity index (χ2v) is 9.82. The van der Waals surface area contributed by atoms with Crippen LogP contribution in [0.15, 0.2) is 58.5 Å². The van der Waals surface area contributed by atoms with Crippen LogP contribution in [0.4, 0.5) is 5.13 Å². The molecule has 37 heavy (non-hydrogen) atoms. The molecule has 0 spiro atoms. The Morgan fingerprint density at radius 3 is 2.62 bits per heavy atom. The molecule has 0 saturated heterocycles. The van der Waals surface area contributed by atoms with Gasteiger partial charge in [-0.05, 0) is 56.2 Å². The average molecular weight is 521 g/mol. The van der Waals surface area contributed by atoms with Crippen LogP contribution in [0.1, 0.15) is 54.8 Å². The Labute approximate surface area is 218 Å². The topological polar surface area (TPSA) is 109 Å². The summed E-state index contributed by atoms with van der Waals surface area (Å²) in [6, 6.07) is 12.5. The highest BCUT2D eigenvalue weighted by Gasteiger charge is 2.23. The second kappa shape index (κ2) is 11.5. The van der Waals surface area contributed by atoms with Crippen molar-refractivity contribution in [2.45, 2.75) is 44.6 Å². The number of ether oxygens (including phenoxy) is 3. The Kier molecular flexibility index (Phi) is 7.76. The fourth-order valence-electron chi connectivity index (χ4n) is 4.28. The van der Waals surface area contributed by atoms with Crippen LogP contribution in [-0.2, 0) is 4.74 Å². The molecule has 1 unspecified atom stereocenters. The number of methoxy groups -OCH3 is 1. The van der Waals surface area contributed by atoms with Gasteiger partial charge in [0.2, 0.25) is 11.8 Å². The summed E-state index contributed by atoms with van der Waals surface area (Å²) < 4.78 is 23.1. The number of hydrogen-bond acceptors (Lipinski definition) is 9. The molecule has 4 aromatic rings. The summed E-state index contributed by atoms with van der Waals surface area (Å²) >= 11 is 1.34. The standard InChI is InChI=1S/C27H28N4O5S/c1-17(16-33-2)34-22-13-20(24(32)29-27-28-11-12-37-27)14-23(15-22)35-21-9-7-19(8-10-21)26-31-30-25(36-26)18-5-3-4-6-18/h7-15,17-18H,3-6,16H2,1-2H3,(H,28,29,32). The number of nitrogens with one attached hydrogen (secondary N) is 1. The second-order valence-electron chi connectivity index (χ2n) is 8.92. The van der Waals surface area contributed by atoms with Gasteiger partial charge in [-0.3, -0.25) is 10.1 Å². The molecule has 0 radical (unpaired) electrons. The first-order chi connectivity index (χ1) is 18.1. The monoisotopic (exact) mass is 520 g/mol. The van der Waals surface area contributed by atoms with Gasteiger partial charge in [-0.15, -0.1) is 21.5 Å². The predicted molar refractivity (Wildman–Crippen MR) is 139 cm³/mol. The summed E-state index contributed by atoms with van der Waals surface area (Å²) in [4.78, 5) is 17.0. The van der Waals surface area contributed by atoms with Crippen molar-refractivity contribution in [1.82, 2.24) is 15.2 Å². The van der Waals surface area contributed by atoms with E-state index in [2.05, 4.69) is 20.5 Å². The molecule has 1 aliphatic carbocycles. The number of carbonyl (C=O) groups is 1. The lowest BCUT2D eigenvalue weighted by Crippen LogP contribution is -2.18. The van der Waals surface area contributed by atoms with Gasteiger partial charge < -0.3 is 18.6 Å². The lowest BCUT2D eigenvalue weighted by molar-refractivity contribution is 0.0916. The summed E-state index contributed by atoms with van der Waals surface area (Å²) in [6.07, 6.45) is 6.05. The molecule has 2 heterocycles. The summed E-state index contributed by atoms with van der Waals surface area (Å²) in [5.41, 5.74) is 1.20. The average Bonchev–Trinajstić information content (AvgIpc) is 3.67. The molecule has 1 amide bonds. The molecular formula is C27H28N4O5S. The van der Waals surface area contributed by atoms with E-state index in [0.717, 1.165) is 24.3 Å². The summed E-state index contributed by atoms with van der Waals surface area (Å²) in [5, 5.41) is 13.6. The van der Waals surface area contributed by atoms with E-state index in [-0.39, 0.29) is 12.0 Å². The van der Waals surface area contributed by atoms with Crippen LogP contribution in [0.3, 0.4) is 0 Å². The third-order valence-corrected chi connectivity index (χ3v) is 6.70. The van der Waals surface area contributed by atoms with Gasteiger partial charge in [-0.1, -0.05) is 12.8 Å². The zero-order chi connectivity index (χ0) is 25.6. The zero-order valence-electron chi connectivity index (χ0n) is 20.7. The van der Waals surface area contributed by atoms with Gasteiger partial charge in [-0.25, -0.2) is 4.98 Å². The minimum atomic E-state index is -0.311. The highest BCUT2D eigenvalue weighted by Crippen LogP contribution is 2.35. The number of aromatic nitrogens is 3.